The highest BCUT2D eigenvalue weighted by atomic mass is 32.2. The summed E-state index contributed by atoms with van der Waals surface area (Å²) in [5.74, 6) is -2.15. The number of carbonyl (C=O) groups is 4. The predicted molar refractivity (Wildman–Crippen MR) is 101 cm³/mol. The second-order valence-electron chi connectivity index (χ2n) is 5.61. The zero-order valence-corrected chi connectivity index (χ0v) is 14.7. The number of aromatic carboxylic acids is 1. The van der Waals surface area contributed by atoms with E-state index in [0.29, 0.717) is 5.69 Å². The van der Waals surface area contributed by atoms with E-state index in [0.717, 1.165) is 22.2 Å². The molecule has 1 saturated heterocycles. The number of anilines is 1. The number of imide groups is 1. The molecule has 3 rings (SSSR count). The summed E-state index contributed by atoms with van der Waals surface area (Å²) in [7, 11) is 0. The molecule has 0 saturated carbocycles. The molecule has 0 radical (unpaired) electrons. The van der Waals surface area contributed by atoms with Crippen LogP contribution in [-0.2, 0) is 9.59 Å². The van der Waals surface area contributed by atoms with Crippen LogP contribution >= 0.6 is 11.8 Å². The Bertz CT molecular complexity index is 938. The zero-order valence-electron chi connectivity index (χ0n) is 13.9. The van der Waals surface area contributed by atoms with Gasteiger partial charge in [0.15, 0.2) is 0 Å². The van der Waals surface area contributed by atoms with Crippen LogP contribution in [0.4, 0.5) is 10.5 Å². The molecule has 1 heterocycles. The Morgan fingerprint density at radius 1 is 1.04 bits per heavy atom. The van der Waals surface area contributed by atoms with Crippen molar-refractivity contribution < 1.29 is 24.3 Å². The first kappa shape index (κ1) is 18.4. The molecule has 0 unspecified atom stereocenters. The number of hydrogen-bond acceptors (Lipinski definition) is 5. The number of carboxylic acid groups (broad SMARTS) is 1. The Morgan fingerprint density at radius 3 is 2.33 bits per heavy atom. The number of nitrogens with zero attached hydrogens (tertiary/aromatic N) is 1. The maximum Gasteiger partial charge on any atom is 0.335 e. The quantitative estimate of drug-likeness (QED) is 0.771. The lowest BCUT2D eigenvalue weighted by Crippen LogP contribution is -2.36. The smallest absolute Gasteiger partial charge is 0.335 e. The van der Waals surface area contributed by atoms with Gasteiger partial charge in [0.25, 0.3) is 11.1 Å². The van der Waals surface area contributed by atoms with Gasteiger partial charge >= 0.3 is 5.97 Å². The van der Waals surface area contributed by atoms with Crippen molar-refractivity contribution in [2.45, 2.75) is 0 Å². The van der Waals surface area contributed by atoms with Gasteiger partial charge in [-0.3, -0.25) is 19.3 Å². The van der Waals surface area contributed by atoms with Gasteiger partial charge < -0.3 is 10.4 Å². The molecule has 0 spiro atoms. The zero-order chi connectivity index (χ0) is 19.4. The second-order valence-corrected chi connectivity index (χ2v) is 6.60. The van der Waals surface area contributed by atoms with Gasteiger partial charge in [-0.25, -0.2) is 4.79 Å². The number of benzene rings is 2. The Balaban J connectivity index is 1.65. The highest BCUT2D eigenvalue weighted by Crippen LogP contribution is 2.32. The molecule has 0 atom stereocenters. The van der Waals surface area contributed by atoms with E-state index in [1.165, 1.54) is 24.3 Å². The van der Waals surface area contributed by atoms with Crippen LogP contribution in [0.25, 0.3) is 6.08 Å². The van der Waals surface area contributed by atoms with Crippen molar-refractivity contribution in [3.05, 3.63) is 70.6 Å². The van der Waals surface area contributed by atoms with Gasteiger partial charge in [0.1, 0.15) is 6.54 Å². The van der Waals surface area contributed by atoms with E-state index in [1.807, 2.05) is 30.3 Å². The molecule has 136 valence electrons. The van der Waals surface area contributed by atoms with E-state index in [4.69, 9.17) is 5.11 Å². The van der Waals surface area contributed by atoms with Crippen LogP contribution in [0.2, 0.25) is 0 Å². The summed E-state index contributed by atoms with van der Waals surface area (Å²) < 4.78 is 0. The third-order valence-corrected chi connectivity index (χ3v) is 4.60. The van der Waals surface area contributed by atoms with Crippen molar-refractivity contribution in [3.8, 4) is 0 Å². The van der Waals surface area contributed by atoms with Gasteiger partial charge in [0, 0.05) is 5.69 Å². The standard InChI is InChI=1S/C19H14N2O5S/c22-16(20-14-8-6-13(7-9-14)18(24)25)11-21-17(23)15(27-19(21)26)10-12-4-2-1-3-5-12/h1-10H,11H2,(H,20,22)(H,24,25)/b15-10-. The van der Waals surface area contributed by atoms with Crippen molar-refractivity contribution in [1.82, 2.24) is 4.90 Å². The first-order valence-electron chi connectivity index (χ1n) is 7.87. The van der Waals surface area contributed by atoms with Gasteiger partial charge in [0.05, 0.1) is 10.5 Å². The van der Waals surface area contributed by atoms with Gasteiger partial charge in [-0.15, -0.1) is 0 Å². The third kappa shape index (κ3) is 4.42. The van der Waals surface area contributed by atoms with Crippen LogP contribution in [0, 0.1) is 0 Å². The Morgan fingerprint density at radius 2 is 1.70 bits per heavy atom. The van der Waals surface area contributed by atoms with Crippen LogP contribution < -0.4 is 5.32 Å². The number of nitrogens with one attached hydrogen (secondary N) is 1. The Kier molecular flexibility index (Phi) is 5.37. The number of rotatable bonds is 5. The lowest BCUT2D eigenvalue weighted by atomic mass is 10.2. The molecule has 3 amide bonds. The van der Waals surface area contributed by atoms with Crippen molar-refractivity contribution >= 4 is 46.5 Å². The van der Waals surface area contributed by atoms with Gasteiger partial charge in [-0.1, -0.05) is 30.3 Å². The number of carbonyl (C=O) groups excluding carboxylic acids is 3. The van der Waals surface area contributed by atoms with E-state index >= 15 is 0 Å². The summed E-state index contributed by atoms with van der Waals surface area (Å²) in [6.07, 6.45) is 1.60. The molecule has 1 fully saturated rings. The van der Waals surface area contributed by atoms with E-state index in [-0.39, 0.29) is 10.5 Å². The average molecular weight is 382 g/mol. The van der Waals surface area contributed by atoms with Gasteiger partial charge in [-0.05, 0) is 47.7 Å². The summed E-state index contributed by atoms with van der Waals surface area (Å²) in [5, 5.41) is 10.9. The Labute approximate surface area is 158 Å². The van der Waals surface area contributed by atoms with E-state index in [1.54, 1.807) is 6.08 Å². The Hall–Kier alpha value is -3.39. The fraction of sp³-hybridized carbons (Fsp3) is 0.0526. The number of carboxylic acids is 1. The first-order chi connectivity index (χ1) is 12.9. The van der Waals surface area contributed by atoms with E-state index in [2.05, 4.69) is 5.32 Å². The number of amides is 3. The SMILES string of the molecule is O=C(CN1C(=O)S/C(=C\c2ccccc2)C1=O)Nc1ccc(C(=O)O)cc1. The van der Waals surface area contributed by atoms with Crippen molar-refractivity contribution in [2.75, 3.05) is 11.9 Å². The molecular formula is C19H14N2O5S. The average Bonchev–Trinajstić information content (AvgIpc) is 2.90. The lowest BCUT2D eigenvalue weighted by molar-refractivity contribution is -0.127. The molecule has 0 aromatic heterocycles. The van der Waals surface area contributed by atoms with Crippen LogP contribution in [0.5, 0.6) is 0 Å². The minimum atomic E-state index is -1.07. The summed E-state index contributed by atoms with van der Waals surface area (Å²) in [5.41, 5.74) is 1.24. The number of hydrogen-bond donors (Lipinski definition) is 2. The summed E-state index contributed by atoms with van der Waals surface area (Å²) >= 11 is 0.783. The molecule has 0 aliphatic carbocycles. The molecule has 27 heavy (non-hydrogen) atoms. The second kappa shape index (κ2) is 7.88. The molecular weight excluding hydrogens is 368 g/mol. The van der Waals surface area contributed by atoms with Crippen molar-refractivity contribution in [3.63, 3.8) is 0 Å². The summed E-state index contributed by atoms with van der Waals surface area (Å²) in [6.45, 7) is -0.419. The molecule has 2 aromatic carbocycles. The third-order valence-electron chi connectivity index (χ3n) is 3.69. The van der Waals surface area contributed by atoms with Gasteiger partial charge in [-0.2, -0.15) is 0 Å². The molecule has 1 aliphatic heterocycles. The largest absolute Gasteiger partial charge is 0.478 e. The molecule has 1 aliphatic rings. The maximum absolute atomic E-state index is 12.4. The molecule has 0 bridgehead atoms. The highest BCUT2D eigenvalue weighted by molar-refractivity contribution is 8.18. The fourth-order valence-corrected chi connectivity index (χ4v) is 3.22. The van der Waals surface area contributed by atoms with Crippen LogP contribution in [-0.4, -0.2) is 39.6 Å². The highest BCUT2D eigenvalue weighted by Gasteiger charge is 2.36. The van der Waals surface area contributed by atoms with Crippen LogP contribution in [0.1, 0.15) is 15.9 Å². The molecule has 2 N–H and O–H groups in total. The minimum absolute atomic E-state index is 0.0880. The first-order valence-corrected chi connectivity index (χ1v) is 8.69. The molecule has 2 aromatic rings. The normalized spacial score (nSPS) is 15.3. The molecule has 7 nitrogen and oxygen atoms in total. The topological polar surface area (TPSA) is 104 Å². The summed E-state index contributed by atoms with van der Waals surface area (Å²) in [6, 6.07) is 14.7. The monoisotopic (exact) mass is 382 g/mol. The van der Waals surface area contributed by atoms with Crippen LogP contribution in [0.15, 0.2) is 59.5 Å². The minimum Gasteiger partial charge on any atom is -0.478 e. The van der Waals surface area contributed by atoms with E-state index in [9.17, 15) is 19.2 Å². The van der Waals surface area contributed by atoms with E-state index < -0.39 is 29.6 Å². The van der Waals surface area contributed by atoms with Crippen molar-refractivity contribution in [2.24, 2.45) is 0 Å². The van der Waals surface area contributed by atoms with Crippen molar-refractivity contribution in [1.29, 1.82) is 0 Å². The van der Waals surface area contributed by atoms with Gasteiger partial charge in [0.2, 0.25) is 5.91 Å². The summed E-state index contributed by atoms with van der Waals surface area (Å²) in [4.78, 5) is 48.6. The number of thioether (sulfide) groups is 1. The maximum atomic E-state index is 12.4. The lowest BCUT2D eigenvalue weighted by Gasteiger charge is -2.12. The van der Waals surface area contributed by atoms with Crippen LogP contribution in [0.3, 0.4) is 0 Å². The molecule has 8 heteroatoms. The fourth-order valence-electron chi connectivity index (χ4n) is 2.38. The predicted octanol–water partition coefficient (Wildman–Crippen LogP) is 3.06.